The highest BCUT2D eigenvalue weighted by molar-refractivity contribution is 7.90. The molecule has 0 saturated carbocycles. The first-order chi connectivity index (χ1) is 10.00. The molecular formula is C13H13ClN2O4S. The van der Waals surface area contributed by atoms with E-state index in [1.54, 1.807) is 36.4 Å². The minimum absolute atomic E-state index is 0.140. The summed E-state index contributed by atoms with van der Waals surface area (Å²) in [5, 5.41) is 2.18. The van der Waals surface area contributed by atoms with Gasteiger partial charge in [-0.3, -0.25) is 4.79 Å². The fraction of sp³-hybridized carbons (Fsp3) is 0.154. The minimum Gasteiger partial charge on any atom is -0.459 e. The zero-order chi connectivity index (χ0) is 15.3. The second-order valence-corrected chi connectivity index (χ2v) is 6.56. The summed E-state index contributed by atoms with van der Waals surface area (Å²) in [6, 6.07) is 9.94. The highest BCUT2D eigenvalue weighted by Crippen LogP contribution is 2.12. The highest BCUT2D eigenvalue weighted by atomic mass is 35.5. The monoisotopic (exact) mass is 328 g/mol. The largest absolute Gasteiger partial charge is 0.459 e. The molecule has 0 fully saturated rings. The Hall–Kier alpha value is -1.83. The molecule has 0 atom stereocenters. The van der Waals surface area contributed by atoms with Gasteiger partial charge in [-0.25, -0.2) is 13.1 Å². The van der Waals surface area contributed by atoms with Crippen LogP contribution in [-0.2, 0) is 16.6 Å². The number of benzene rings is 1. The summed E-state index contributed by atoms with van der Waals surface area (Å²) in [4.78, 5) is 11.7. The quantitative estimate of drug-likeness (QED) is 0.795. The predicted molar refractivity (Wildman–Crippen MR) is 79.6 cm³/mol. The van der Waals surface area contributed by atoms with Crippen LogP contribution >= 0.6 is 11.6 Å². The van der Waals surface area contributed by atoms with Crippen LogP contribution in [0.2, 0.25) is 0 Å². The molecule has 8 heteroatoms. The molecule has 1 amide bonds. The van der Waals surface area contributed by atoms with Crippen LogP contribution in [0.1, 0.15) is 16.1 Å². The molecule has 2 rings (SSSR count). The lowest BCUT2D eigenvalue weighted by Gasteiger charge is -2.06. The van der Waals surface area contributed by atoms with Crippen LogP contribution in [0.15, 0.2) is 47.1 Å². The van der Waals surface area contributed by atoms with Crippen molar-refractivity contribution in [2.75, 3.05) is 10.5 Å². The molecule has 0 aliphatic carbocycles. The second kappa shape index (κ2) is 6.75. The highest BCUT2D eigenvalue weighted by Gasteiger charge is 2.09. The fourth-order valence-corrected chi connectivity index (χ4v) is 2.23. The van der Waals surface area contributed by atoms with Gasteiger partial charge in [-0.05, 0) is 29.8 Å². The van der Waals surface area contributed by atoms with E-state index in [0.29, 0.717) is 5.69 Å². The Bertz CT molecular complexity index is 696. The molecule has 0 unspecified atom stereocenters. The summed E-state index contributed by atoms with van der Waals surface area (Å²) in [5.74, 6) is -0.135. The first-order valence-corrected chi connectivity index (χ1v) is 8.16. The number of alkyl halides is 1. The lowest BCUT2D eigenvalue weighted by molar-refractivity contribution is 0.0996. The van der Waals surface area contributed by atoms with Crippen LogP contribution in [0, 0.1) is 0 Å². The van der Waals surface area contributed by atoms with Crippen molar-refractivity contribution in [2.24, 2.45) is 0 Å². The van der Waals surface area contributed by atoms with E-state index in [0.717, 1.165) is 5.56 Å². The lowest BCUT2D eigenvalue weighted by atomic mass is 10.2. The first-order valence-electron chi connectivity index (χ1n) is 5.97. The molecule has 1 aromatic heterocycles. The van der Waals surface area contributed by atoms with E-state index < -0.39 is 15.2 Å². The van der Waals surface area contributed by atoms with Gasteiger partial charge in [-0.15, -0.1) is 11.6 Å². The summed E-state index contributed by atoms with van der Waals surface area (Å²) in [6.07, 6.45) is 1.42. The maximum Gasteiger partial charge on any atom is 0.291 e. The smallest absolute Gasteiger partial charge is 0.291 e. The molecule has 2 aromatic rings. The van der Waals surface area contributed by atoms with Gasteiger partial charge in [-0.1, -0.05) is 12.1 Å². The van der Waals surface area contributed by atoms with Crippen molar-refractivity contribution in [1.29, 1.82) is 0 Å². The van der Waals surface area contributed by atoms with Gasteiger partial charge in [0.25, 0.3) is 5.91 Å². The molecule has 2 N–H and O–H groups in total. The van der Waals surface area contributed by atoms with Crippen LogP contribution in [-0.4, -0.2) is 19.5 Å². The molecule has 0 saturated heterocycles. The normalized spacial score (nSPS) is 11.3. The number of anilines is 1. The summed E-state index contributed by atoms with van der Waals surface area (Å²) >= 11 is 5.28. The van der Waals surface area contributed by atoms with E-state index >= 15 is 0 Å². The van der Waals surface area contributed by atoms with Crippen molar-refractivity contribution in [2.45, 2.75) is 6.54 Å². The topological polar surface area (TPSA) is 88.4 Å². The van der Waals surface area contributed by atoms with Crippen molar-refractivity contribution in [1.82, 2.24) is 4.72 Å². The summed E-state index contributed by atoms with van der Waals surface area (Å²) in [6.45, 7) is 0.140. The Labute approximate surface area is 127 Å². The molecule has 0 bridgehead atoms. The zero-order valence-electron chi connectivity index (χ0n) is 10.9. The third-order valence-corrected chi connectivity index (χ3v) is 4.33. The summed E-state index contributed by atoms with van der Waals surface area (Å²) in [5.41, 5.74) is 1.33. The lowest BCUT2D eigenvalue weighted by Crippen LogP contribution is -2.23. The average molecular weight is 329 g/mol. The minimum atomic E-state index is -3.44. The third-order valence-electron chi connectivity index (χ3n) is 2.60. The molecule has 0 spiro atoms. The second-order valence-electron chi connectivity index (χ2n) is 4.17. The number of furan rings is 1. The van der Waals surface area contributed by atoms with Crippen LogP contribution in [0.3, 0.4) is 0 Å². The van der Waals surface area contributed by atoms with Gasteiger partial charge in [-0.2, -0.15) is 0 Å². The average Bonchev–Trinajstić information content (AvgIpc) is 3.01. The SMILES string of the molecule is O=C(Nc1ccc(CNS(=O)(=O)CCl)cc1)c1ccco1. The molecule has 1 aromatic carbocycles. The number of carbonyl (C=O) groups is 1. The maximum absolute atomic E-state index is 11.7. The molecule has 21 heavy (non-hydrogen) atoms. The molecule has 1 heterocycles. The number of halogens is 1. The van der Waals surface area contributed by atoms with E-state index in [2.05, 4.69) is 10.0 Å². The van der Waals surface area contributed by atoms with Gasteiger partial charge in [0.1, 0.15) is 5.21 Å². The maximum atomic E-state index is 11.7. The molecule has 0 radical (unpaired) electrons. The van der Waals surface area contributed by atoms with Crippen molar-refractivity contribution >= 4 is 33.2 Å². The predicted octanol–water partition coefficient (Wildman–Crippen LogP) is 2.15. The van der Waals surface area contributed by atoms with E-state index in [1.165, 1.54) is 6.26 Å². The van der Waals surface area contributed by atoms with Crippen molar-refractivity contribution in [3.8, 4) is 0 Å². The Morgan fingerprint density at radius 3 is 2.48 bits per heavy atom. The van der Waals surface area contributed by atoms with Gasteiger partial charge >= 0.3 is 0 Å². The standard InChI is InChI=1S/C13H13ClN2O4S/c14-9-21(18,19)15-8-10-3-5-11(6-4-10)16-13(17)12-2-1-7-20-12/h1-7,15H,8-9H2,(H,16,17). The Morgan fingerprint density at radius 2 is 1.90 bits per heavy atom. The number of hydrogen-bond acceptors (Lipinski definition) is 4. The van der Waals surface area contributed by atoms with E-state index in [9.17, 15) is 13.2 Å². The Morgan fingerprint density at radius 1 is 1.19 bits per heavy atom. The van der Waals surface area contributed by atoms with Crippen LogP contribution < -0.4 is 10.0 Å². The number of sulfonamides is 1. The van der Waals surface area contributed by atoms with Gasteiger partial charge < -0.3 is 9.73 Å². The Balaban J connectivity index is 1.95. The number of hydrogen-bond donors (Lipinski definition) is 2. The molecule has 0 aliphatic rings. The fourth-order valence-electron chi connectivity index (χ4n) is 1.54. The van der Waals surface area contributed by atoms with Crippen molar-refractivity contribution in [3.63, 3.8) is 0 Å². The number of nitrogens with one attached hydrogen (secondary N) is 2. The van der Waals surface area contributed by atoms with Crippen molar-refractivity contribution < 1.29 is 17.6 Å². The van der Waals surface area contributed by atoms with Crippen LogP contribution in [0.25, 0.3) is 0 Å². The zero-order valence-corrected chi connectivity index (χ0v) is 12.4. The summed E-state index contributed by atoms with van der Waals surface area (Å²) in [7, 11) is -3.44. The van der Waals surface area contributed by atoms with Gasteiger partial charge in [0.15, 0.2) is 5.76 Å². The number of amides is 1. The van der Waals surface area contributed by atoms with Gasteiger partial charge in [0.05, 0.1) is 6.26 Å². The van der Waals surface area contributed by atoms with Gasteiger partial charge in [0.2, 0.25) is 10.0 Å². The van der Waals surface area contributed by atoms with E-state index in [-0.39, 0.29) is 18.2 Å². The van der Waals surface area contributed by atoms with Gasteiger partial charge in [0, 0.05) is 12.2 Å². The third kappa shape index (κ3) is 4.59. The first kappa shape index (κ1) is 15.6. The number of rotatable bonds is 6. The van der Waals surface area contributed by atoms with Crippen LogP contribution in [0.4, 0.5) is 5.69 Å². The van der Waals surface area contributed by atoms with E-state index in [4.69, 9.17) is 16.0 Å². The summed E-state index contributed by atoms with van der Waals surface area (Å²) < 4.78 is 29.7. The van der Waals surface area contributed by atoms with E-state index in [1.807, 2.05) is 0 Å². The molecule has 6 nitrogen and oxygen atoms in total. The Kier molecular flexibility index (Phi) is 5.00. The molecule has 112 valence electrons. The van der Waals surface area contributed by atoms with Crippen molar-refractivity contribution in [3.05, 3.63) is 54.0 Å². The molecule has 0 aliphatic heterocycles. The molecular weight excluding hydrogens is 316 g/mol. The number of carbonyl (C=O) groups excluding carboxylic acids is 1. The van der Waals surface area contributed by atoms with Crippen LogP contribution in [0.5, 0.6) is 0 Å².